The van der Waals surface area contributed by atoms with Crippen molar-refractivity contribution < 1.29 is 4.74 Å². The topological polar surface area (TPSA) is 53.1 Å². The summed E-state index contributed by atoms with van der Waals surface area (Å²) in [5, 5.41) is 6.60. The van der Waals surface area contributed by atoms with Gasteiger partial charge in [0, 0.05) is 7.05 Å². The first-order valence-electron chi connectivity index (χ1n) is 6.56. The lowest BCUT2D eigenvalue weighted by atomic mass is 10.1. The van der Waals surface area contributed by atoms with Gasteiger partial charge in [-0.15, -0.1) is 0 Å². The zero-order valence-electron chi connectivity index (χ0n) is 11.8. The molecule has 0 aliphatic heterocycles. The molecule has 3 rings (SSSR count). The van der Waals surface area contributed by atoms with Gasteiger partial charge in [0.15, 0.2) is 0 Å². The van der Waals surface area contributed by atoms with Gasteiger partial charge in [-0.25, -0.2) is 4.68 Å². The molecule has 4 nitrogen and oxygen atoms in total. The Hall–Kier alpha value is -2.40. The van der Waals surface area contributed by atoms with Gasteiger partial charge in [-0.05, 0) is 29.8 Å². The molecule has 1 aromatic heterocycles. The summed E-state index contributed by atoms with van der Waals surface area (Å²) in [7, 11) is 1.81. The SMILES string of the molecule is Cc1nn(C)c(Oc2ccc3ccccc3c2)c1C(N)=S. The number of aryl methyl sites for hydroxylation is 2. The lowest BCUT2D eigenvalue weighted by molar-refractivity contribution is 0.430. The highest BCUT2D eigenvalue weighted by Gasteiger charge is 2.17. The van der Waals surface area contributed by atoms with E-state index in [1.165, 1.54) is 5.39 Å². The van der Waals surface area contributed by atoms with Gasteiger partial charge in [0.25, 0.3) is 0 Å². The first-order chi connectivity index (χ1) is 10.1. The maximum absolute atomic E-state index is 5.96. The Morgan fingerprint density at radius 2 is 1.90 bits per heavy atom. The molecule has 0 fully saturated rings. The Morgan fingerprint density at radius 3 is 2.62 bits per heavy atom. The number of rotatable bonds is 3. The molecule has 0 radical (unpaired) electrons. The number of nitrogens with zero attached hydrogens (tertiary/aromatic N) is 2. The monoisotopic (exact) mass is 297 g/mol. The second kappa shape index (κ2) is 5.18. The van der Waals surface area contributed by atoms with Gasteiger partial charge >= 0.3 is 0 Å². The van der Waals surface area contributed by atoms with E-state index in [1.54, 1.807) is 4.68 Å². The van der Waals surface area contributed by atoms with Crippen LogP contribution in [0.25, 0.3) is 10.8 Å². The Bertz CT molecular complexity index is 839. The van der Waals surface area contributed by atoms with Crippen molar-refractivity contribution in [1.82, 2.24) is 9.78 Å². The van der Waals surface area contributed by atoms with E-state index in [9.17, 15) is 0 Å². The summed E-state index contributed by atoms with van der Waals surface area (Å²) in [4.78, 5) is 0.288. The van der Waals surface area contributed by atoms with Crippen LogP contribution in [0.15, 0.2) is 42.5 Å². The van der Waals surface area contributed by atoms with Crippen molar-refractivity contribution in [2.75, 3.05) is 0 Å². The van der Waals surface area contributed by atoms with Gasteiger partial charge in [0.05, 0.1) is 11.3 Å². The largest absolute Gasteiger partial charge is 0.439 e. The van der Waals surface area contributed by atoms with Gasteiger partial charge in [0.1, 0.15) is 10.7 Å². The number of thiocarbonyl (C=S) groups is 1. The van der Waals surface area contributed by atoms with Crippen LogP contribution in [0.4, 0.5) is 0 Å². The third kappa shape index (κ3) is 2.48. The zero-order valence-corrected chi connectivity index (χ0v) is 12.6. The molecule has 2 N–H and O–H groups in total. The Morgan fingerprint density at radius 1 is 1.19 bits per heavy atom. The van der Waals surface area contributed by atoms with Crippen molar-refractivity contribution in [3.8, 4) is 11.6 Å². The van der Waals surface area contributed by atoms with E-state index >= 15 is 0 Å². The van der Waals surface area contributed by atoms with E-state index in [-0.39, 0.29) is 4.99 Å². The number of benzene rings is 2. The first kappa shape index (κ1) is 13.6. The number of nitrogens with two attached hydrogens (primary N) is 1. The second-order valence-electron chi connectivity index (χ2n) is 4.86. The first-order valence-corrected chi connectivity index (χ1v) is 6.97. The maximum atomic E-state index is 5.96. The molecule has 0 aliphatic rings. The molecule has 21 heavy (non-hydrogen) atoms. The summed E-state index contributed by atoms with van der Waals surface area (Å²) in [6.07, 6.45) is 0. The van der Waals surface area contributed by atoms with Gasteiger partial charge < -0.3 is 10.5 Å². The summed E-state index contributed by atoms with van der Waals surface area (Å²) in [5.41, 5.74) is 7.22. The van der Waals surface area contributed by atoms with Crippen LogP contribution in [-0.2, 0) is 7.05 Å². The number of hydrogen-bond donors (Lipinski definition) is 1. The van der Waals surface area contributed by atoms with Crippen LogP contribution >= 0.6 is 12.2 Å². The highest BCUT2D eigenvalue weighted by Crippen LogP contribution is 2.29. The summed E-state index contributed by atoms with van der Waals surface area (Å²) < 4.78 is 7.62. The predicted molar refractivity (Wildman–Crippen MR) is 87.9 cm³/mol. The van der Waals surface area contributed by atoms with Crippen LogP contribution in [0.1, 0.15) is 11.3 Å². The maximum Gasteiger partial charge on any atom is 0.228 e. The molecular weight excluding hydrogens is 282 g/mol. The molecule has 2 aromatic carbocycles. The van der Waals surface area contributed by atoms with Crippen molar-refractivity contribution in [3.63, 3.8) is 0 Å². The molecule has 0 atom stereocenters. The van der Waals surface area contributed by atoms with E-state index < -0.39 is 0 Å². The smallest absolute Gasteiger partial charge is 0.228 e. The Balaban J connectivity index is 2.04. The van der Waals surface area contributed by atoms with Crippen LogP contribution in [0.3, 0.4) is 0 Å². The van der Waals surface area contributed by atoms with E-state index in [0.717, 1.165) is 16.8 Å². The predicted octanol–water partition coefficient (Wildman–Crippen LogP) is 3.31. The third-order valence-electron chi connectivity index (χ3n) is 3.35. The van der Waals surface area contributed by atoms with Gasteiger partial charge in [0.2, 0.25) is 5.88 Å². The minimum atomic E-state index is 0.288. The number of ether oxygens (including phenoxy) is 1. The lowest BCUT2D eigenvalue weighted by Gasteiger charge is -2.09. The van der Waals surface area contributed by atoms with Crippen molar-refractivity contribution in [3.05, 3.63) is 53.7 Å². The second-order valence-corrected chi connectivity index (χ2v) is 5.30. The van der Waals surface area contributed by atoms with Gasteiger partial charge in [-0.3, -0.25) is 0 Å². The van der Waals surface area contributed by atoms with Crippen molar-refractivity contribution >= 4 is 28.0 Å². The van der Waals surface area contributed by atoms with Gasteiger partial charge in [-0.2, -0.15) is 5.10 Å². The normalized spacial score (nSPS) is 10.8. The molecule has 0 aliphatic carbocycles. The van der Waals surface area contributed by atoms with E-state index in [0.29, 0.717) is 11.4 Å². The highest BCUT2D eigenvalue weighted by atomic mass is 32.1. The highest BCUT2D eigenvalue weighted by molar-refractivity contribution is 7.80. The standard InChI is InChI=1S/C16H15N3OS/c1-10-14(15(17)21)16(19(2)18-10)20-13-8-7-11-5-3-4-6-12(11)9-13/h3-9H,1-2H3,(H2,17,21). The molecule has 0 spiro atoms. The molecule has 0 saturated carbocycles. The zero-order chi connectivity index (χ0) is 15.0. The molecular formula is C16H15N3OS. The van der Waals surface area contributed by atoms with E-state index in [4.69, 9.17) is 22.7 Å². The number of hydrogen-bond acceptors (Lipinski definition) is 3. The molecule has 1 heterocycles. The average Bonchev–Trinajstić information content (AvgIpc) is 2.73. The molecule has 3 aromatic rings. The Labute approximate surface area is 128 Å². The molecule has 0 saturated heterocycles. The summed E-state index contributed by atoms with van der Waals surface area (Å²) in [5.74, 6) is 1.30. The van der Waals surface area contributed by atoms with Crippen LogP contribution in [-0.4, -0.2) is 14.8 Å². The minimum absolute atomic E-state index is 0.288. The van der Waals surface area contributed by atoms with Gasteiger partial charge in [-0.1, -0.05) is 42.5 Å². The van der Waals surface area contributed by atoms with E-state index in [2.05, 4.69) is 11.2 Å². The fraction of sp³-hybridized carbons (Fsp3) is 0.125. The number of fused-ring (bicyclic) bond motifs is 1. The molecule has 0 unspecified atom stereocenters. The van der Waals surface area contributed by atoms with Crippen LogP contribution in [0, 0.1) is 6.92 Å². The molecule has 0 bridgehead atoms. The molecule has 106 valence electrons. The van der Waals surface area contributed by atoms with Crippen LogP contribution < -0.4 is 10.5 Å². The summed E-state index contributed by atoms with van der Waals surface area (Å²) in [6, 6.07) is 14.1. The summed E-state index contributed by atoms with van der Waals surface area (Å²) >= 11 is 5.09. The third-order valence-corrected chi connectivity index (χ3v) is 3.56. The van der Waals surface area contributed by atoms with Crippen LogP contribution in [0.2, 0.25) is 0 Å². The average molecular weight is 297 g/mol. The minimum Gasteiger partial charge on any atom is -0.439 e. The molecule has 0 amide bonds. The lowest BCUT2D eigenvalue weighted by Crippen LogP contribution is -2.11. The van der Waals surface area contributed by atoms with Crippen molar-refractivity contribution in [2.45, 2.75) is 6.92 Å². The van der Waals surface area contributed by atoms with Crippen molar-refractivity contribution in [1.29, 1.82) is 0 Å². The summed E-state index contributed by atoms with van der Waals surface area (Å²) in [6.45, 7) is 1.86. The van der Waals surface area contributed by atoms with Crippen molar-refractivity contribution in [2.24, 2.45) is 12.8 Å². The molecule has 5 heteroatoms. The van der Waals surface area contributed by atoms with Crippen LogP contribution in [0.5, 0.6) is 11.6 Å². The number of aromatic nitrogens is 2. The quantitative estimate of drug-likeness (QED) is 0.754. The Kier molecular flexibility index (Phi) is 3.35. The fourth-order valence-corrected chi connectivity index (χ4v) is 2.62. The fourth-order valence-electron chi connectivity index (χ4n) is 2.38. The van der Waals surface area contributed by atoms with E-state index in [1.807, 2.05) is 50.4 Å².